The molecule has 0 bridgehead atoms. The van der Waals surface area contributed by atoms with Crippen LogP contribution in [0, 0.1) is 0 Å². The highest BCUT2D eigenvalue weighted by atomic mass is 15.1. The summed E-state index contributed by atoms with van der Waals surface area (Å²) in [7, 11) is 0. The number of hydrogen-bond donors (Lipinski definition) is 0. The van der Waals surface area contributed by atoms with Gasteiger partial charge in [0.05, 0.1) is 44.1 Å². The second-order valence-electron chi connectivity index (χ2n) is 33.5. The van der Waals surface area contributed by atoms with E-state index in [1.165, 1.54) is 159 Å². The lowest BCUT2D eigenvalue weighted by atomic mass is 9.91. The summed E-state index contributed by atoms with van der Waals surface area (Å²) in [4.78, 5) is 30.6. The van der Waals surface area contributed by atoms with Crippen molar-refractivity contribution in [3.8, 4) is 136 Å². The van der Waals surface area contributed by atoms with Crippen molar-refractivity contribution in [3.05, 3.63) is 425 Å². The molecule has 0 N–H and O–H groups in total. The number of fused-ring (bicyclic) bond motifs is 17. The lowest BCUT2D eigenvalue weighted by Crippen LogP contribution is -2.01. The van der Waals surface area contributed by atoms with E-state index in [1.807, 2.05) is 36.4 Å². The van der Waals surface area contributed by atoms with Crippen molar-refractivity contribution in [1.29, 1.82) is 0 Å². The Morgan fingerprint density at radius 2 is 0.492 bits per heavy atom. The molecule has 6 aromatic heterocycles. The third-order valence-corrected chi connectivity index (χ3v) is 26.5. The Labute approximate surface area is 733 Å². The quantitative estimate of drug-likeness (QED) is 0.135. The van der Waals surface area contributed by atoms with Crippen molar-refractivity contribution in [3.63, 3.8) is 0 Å². The molecule has 26 aromatic rings. The lowest BCUT2D eigenvalue weighted by Gasteiger charge is -2.16. The fourth-order valence-electron chi connectivity index (χ4n) is 21.0. The number of rotatable bonds is 10. The maximum absolute atomic E-state index is 5.16. The van der Waals surface area contributed by atoms with Crippen LogP contribution >= 0.6 is 0 Å². The summed E-state index contributed by atoms with van der Waals surface area (Å²) < 4.78 is 9.90. The van der Waals surface area contributed by atoms with Crippen LogP contribution in [0.4, 0.5) is 0 Å². The van der Waals surface area contributed by atoms with Crippen molar-refractivity contribution in [1.82, 2.24) is 48.2 Å². The number of aromatic nitrogens is 10. The molecule has 0 fully saturated rings. The van der Waals surface area contributed by atoms with Gasteiger partial charge in [-0.3, -0.25) is 0 Å². The topological polar surface area (TPSA) is 97.1 Å². The molecule has 0 aliphatic heterocycles. The Bertz CT molecular complexity index is 9170. The van der Waals surface area contributed by atoms with Gasteiger partial charge in [-0.15, -0.1) is 0 Å². The number of nitrogens with zero attached hydrogens (tertiary/aromatic N) is 10. The van der Waals surface area contributed by atoms with Gasteiger partial charge in [0, 0.05) is 116 Å². The molecule has 128 heavy (non-hydrogen) atoms. The molecule has 592 valence electrons. The second-order valence-corrected chi connectivity index (χ2v) is 33.5. The normalized spacial score (nSPS) is 12.1. The third-order valence-electron chi connectivity index (χ3n) is 26.5. The maximum atomic E-state index is 5.16. The molecule has 0 amide bonds. The first kappa shape index (κ1) is 71.3. The van der Waals surface area contributed by atoms with Crippen molar-refractivity contribution >= 4 is 130 Å². The van der Waals surface area contributed by atoms with Gasteiger partial charge in [-0.2, -0.15) is 0 Å². The predicted molar refractivity (Wildman–Crippen MR) is 529 cm³/mol. The highest BCUT2D eigenvalue weighted by molar-refractivity contribution is 6.41. The van der Waals surface area contributed by atoms with E-state index >= 15 is 0 Å². The first-order valence-corrected chi connectivity index (χ1v) is 43.6. The van der Waals surface area contributed by atoms with Gasteiger partial charge in [-0.25, -0.2) is 29.9 Å². The largest absolute Gasteiger partial charge is 0.309 e. The first-order valence-electron chi connectivity index (χ1n) is 43.6. The van der Waals surface area contributed by atoms with Crippen LogP contribution in [-0.4, -0.2) is 48.2 Å². The van der Waals surface area contributed by atoms with Crippen LogP contribution in [0.5, 0.6) is 0 Å². The van der Waals surface area contributed by atoms with Crippen LogP contribution in [0.1, 0.15) is 0 Å². The fraction of sp³-hybridized carbons (Fsp3) is 0. The van der Waals surface area contributed by atoms with Gasteiger partial charge in [0.1, 0.15) is 0 Å². The molecule has 6 heterocycles. The minimum atomic E-state index is 0.628. The van der Waals surface area contributed by atoms with Crippen LogP contribution in [0.25, 0.3) is 266 Å². The van der Waals surface area contributed by atoms with Crippen molar-refractivity contribution in [2.75, 3.05) is 0 Å². The van der Waals surface area contributed by atoms with E-state index in [9.17, 15) is 0 Å². The maximum Gasteiger partial charge on any atom is 0.164 e. The van der Waals surface area contributed by atoms with E-state index in [2.05, 4.69) is 407 Å². The Morgan fingerprint density at radius 1 is 0.148 bits per heavy atom. The molecule has 0 unspecified atom stereocenters. The monoisotopic (exact) mass is 1630 g/mol. The van der Waals surface area contributed by atoms with E-state index < -0.39 is 0 Å². The van der Waals surface area contributed by atoms with Crippen LogP contribution < -0.4 is 0 Å². The SMILES string of the molecule is c1ccc(-c2nc(-c3ccc(-n4c5cc6c(c7c5c5c8c(cccc8ccc54)-c4ccccc4-7)c4ccccc4n6-c4ccccc4)cc3)nc(-c3ccc4ccccc4c3)n2)cc1.c1ccc(-c2nc(-c3ccc(-n4c5cccc6c5c5c7c(cccc7c7c(c8ccccc8n7-c7ccccc7)c54)-c4ccccc4-6)cc3)nc(-c3ccc4ccccc4c3)n2)cc1. The molecule has 0 spiro atoms. The van der Waals surface area contributed by atoms with Crippen molar-refractivity contribution in [2.45, 2.75) is 0 Å². The average Bonchev–Trinajstić information content (AvgIpc) is 1.51. The molecular formula is C118H70N10. The zero-order valence-corrected chi connectivity index (χ0v) is 68.9. The Morgan fingerprint density at radius 3 is 1.06 bits per heavy atom. The Hall–Kier alpha value is -17.3. The standard InChI is InChI=1S/2C59H35N5/c1-3-16-37(17-4-1)57-60-58(62-59(61-57)40-30-29-36-15-7-8-18-39(36)35-40)38-31-33-42(34-32-38)64-50-28-14-25-46-44-22-10-9-21-43(44)45-24-13-26-48-51(45)54(52(46)50)56(64)53-47-23-11-12-27-49(47)63(55(48)53)41-19-5-2-6-20-41;1-3-15-38(16-4-1)57-60-58(62-59(61-57)41-27-26-36-14-7-8-17-40(36)34-41)39-28-31-43(32-29-39)64-49-33-30-37-18-13-24-45-44-21-9-10-22-46(44)54-53-47-23-11-12-25-48(47)63(42-19-5-2-6-20-42)50(53)35-51(64)56(54)55(49)52(37)45/h2*1-35H. The van der Waals surface area contributed by atoms with Crippen LogP contribution in [0.3, 0.4) is 0 Å². The zero-order valence-electron chi connectivity index (χ0n) is 68.9. The number of benzene rings is 20. The van der Waals surface area contributed by atoms with Gasteiger partial charge in [0.2, 0.25) is 0 Å². The van der Waals surface area contributed by atoms with Gasteiger partial charge in [-0.1, -0.05) is 309 Å². The minimum Gasteiger partial charge on any atom is -0.309 e. The van der Waals surface area contributed by atoms with Crippen LogP contribution in [-0.2, 0) is 0 Å². The summed E-state index contributed by atoms with van der Waals surface area (Å²) in [6.45, 7) is 0. The van der Waals surface area contributed by atoms with Crippen molar-refractivity contribution in [2.24, 2.45) is 0 Å². The third kappa shape index (κ3) is 10.8. The van der Waals surface area contributed by atoms with E-state index in [0.717, 1.165) is 72.4 Å². The summed E-state index contributed by atoms with van der Waals surface area (Å²) in [5, 5.41) is 19.8. The highest BCUT2D eigenvalue weighted by Gasteiger charge is 2.33. The second kappa shape index (κ2) is 28.1. The molecular weight excluding hydrogens is 1560 g/mol. The molecule has 20 aromatic carbocycles. The Kier molecular flexibility index (Phi) is 15.6. The summed E-state index contributed by atoms with van der Waals surface area (Å²) in [5.41, 5.74) is 29.5. The molecule has 2 aliphatic carbocycles. The Balaban J connectivity index is 0.000000132. The van der Waals surface area contributed by atoms with Gasteiger partial charge in [0.25, 0.3) is 0 Å². The van der Waals surface area contributed by atoms with Gasteiger partial charge < -0.3 is 18.3 Å². The molecule has 10 nitrogen and oxygen atoms in total. The van der Waals surface area contributed by atoms with Crippen molar-refractivity contribution < 1.29 is 0 Å². The van der Waals surface area contributed by atoms with Gasteiger partial charge >= 0.3 is 0 Å². The van der Waals surface area contributed by atoms with Crippen LogP contribution in [0.15, 0.2) is 425 Å². The number of para-hydroxylation sites is 4. The minimum absolute atomic E-state index is 0.628. The van der Waals surface area contributed by atoms with E-state index in [0.29, 0.717) is 34.9 Å². The molecule has 0 saturated heterocycles. The lowest BCUT2D eigenvalue weighted by molar-refractivity contribution is 1.07. The molecule has 0 saturated carbocycles. The van der Waals surface area contributed by atoms with E-state index in [1.54, 1.807) is 0 Å². The molecule has 0 radical (unpaired) electrons. The fourth-order valence-corrected chi connectivity index (χ4v) is 21.0. The van der Waals surface area contributed by atoms with E-state index in [4.69, 9.17) is 29.9 Å². The molecule has 2 aliphatic rings. The molecule has 0 atom stereocenters. The highest BCUT2D eigenvalue weighted by Crippen LogP contribution is 2.57. The smallest absolute Gasteiger partial charge is 0.164 e. The average molecular weight is 1630 g/mol. The molecule has 28 rings (SSSR count). The van der Waals surface area contributed by atoms with Crippen LogP contribution in [0.2, 0.25) is 0 Å². The van der Waals surface area contributed by atoms with Gasteiger partial charge in [0.15, 0.2) is 34.9 Å². The summed E-state index contributed by atoms with van der Waals surface area (Å²) in [6.07, 6.45) is 0. The molecule has 10 heteroatoms. The number of hydrogen-bond acceptors (Lipinski definition) is 6. The summed E-state index contributed by atoms with van der Waals surface area (Å²) in [5.74, 6) is 3.82. The summed E-state index contributed by atoms with van der Waals surface area (Å²) in [6, 6.07) is 152. The first-order chi connectivity index (χ1) is 63.5. The predicted octanol–water partition coefficient (Wildman–Crippen LogP) is 30.0. The van der Waals surface area contributed by atoms with E-state index in [-0.39, 0.29) is 0 Å². The summed E-state index contributed by atoms with van der Waals surface area (Å²) >= 11 is 0. The van der Waals surface area contributed by atoms with Gasteiger partial charge in [-0.05, 0) is 187 Å². The zero-order chi connectivity index (χ0) is 83.8.